The Balaban J connectivity index is 1.95. The van der Waals surface area contributed by atoms with E-state index in [9.17, 15) is 0 Å². The highest BCUT2D eigenvalue weighted by Crippen LogP contribution is 2.37. The lowest BCUT2D eigenvalue weighted by Gasteiger charge is -1.89. The zero-order chi connectivity index (χ0) is 9.54. The Bertz CT molecular complexity index is 460. The second-order valence-electron chi connectivity index (χ2n) is 3.16. The smallest absolute Gasteiger partial charge is 0.219 e. The summed E-state index contributed by atoms with van der Waals surface area (Å²) in [6.45, 7) is 0. The third-order valence-corrected chi connectivity index (χ3v) is 3.38. The Morgan fingerprint density at radius 2 is 2.29 bits per heavy atom. The highest BCUT2D eigenvalue weighted by atomic mass is 79.9. The molecule has 72 valence electrons. The van der Waals surface area contributed by atoms with Crippen molar-refractivity contribution in [1.29, 1.82) is 0 Å². The molecule has 0 aliphatic heterocycles. The molecular formula is C7H6BrN5S. The molecule has 2 heterocycles. The van der Waals surface area contributed by atoms with Crippen molar-refractivity contribution in [3.63, 3.8) is 0 Å². The van der Waals surface area contributed by atoms with Crippen LogP contribution in [0.1, 0.15) is 24.6 Å². The summed E-state index contributed by atoms with van der Waals surface area (Å²) in [6, 6.07) is 0. The van der Waals surface area contributed by atoms with Gasteiger partial charge in [-0.3, -0.25) is 0 Å². The summed E-state index contributed by atoms with van der Waals surface area (Å²) in [5.41, 5.74) is 0. The highest BCUT2D eigenvalue weighted by molar-refractivity contribution is 9.11. The molecule has 0 amide bonds. The lowest BCUT2D eigenvalue weighted by molar-refractivity contribution is 0.812. The molecule has 1 aliphatic rings. The van der Waals surface area contributed by atoms with Gasteiger partial charge in [0.05, 0.1) is 0 Å². The van der Waals surface area contributed by atoms with E-state index in [2.05, 4.69) is 36.2 Å². The molecular weight excluding hydrogens is 266 g/mol. The quantitative estimate of drug-likeness (QED) is 0.835. The molecule has 0 atom stereocenters. The SMILES string of the molecule is Brc1nnc(-n2cnc(C3CC3)n2)s1. The molecule has 1 fully saturated rings. The second kappa shape index (κ2) is 3.09. The van der Waals surface area contributed by atoms with Crippen LogP contribution in [0, 0.1) is 0 Å². The molecule has 7 heteroatoms. The van der Waals surface area contributed by atoms with E-state index in [0.717, 1.165) is 14.9 Å². The van der Waals surface area contributed by atoms with Gasteiger partial charge in [-0.15, -0.1) is 15.3 Å². The van der Waals surface area contributed by atoms with Gasteiger partial charge in [-0.25, -0.2) is 4.98 Å². The lowest BCUT2D eigenvalue weighted by Crippen LogP contribution is -1.94. The first-order valence-corrected chi connectivity index (χ1v) is 5.85. The fourth-order valence-corrected chi connectivity index (χ4v) is 2.20. The Kier molecular flexibility index (Phi) is 1.88. The zero-order valence-corrected chi connectivity index (χ0v) is 9.49. The van der Waals surface area contributed by atoms with Gasteiger partial charge in [-0.1, -0.05) is 11.3 Å². The number of rotatable bonds is 2. The summed E-state index contributed by atoms with van der Waals surface area (Å²) in [4.78, 5) is 4.24. The van der Waals surface area contributed by atoms with Crippen LogP contribution in [0.5, 0.6) is 0 Å². The van der Waals surface area contributed by atoms with E-state index in [0.29, 0.717) is 5.92 Å². The van der Waals surface area contributed by atoms with Gasteiger partial charge in [0.25, 0.3) is 0 Å². The van der Waals surface area contributed by atoms with Crippen LogP contribution in [-0.4, -0.2) is 25.0 Å². The van der Waals surface area contributed by atoms with Gasteiger partial charge in [-0.2, -0.15) is 4.68 Å². The van der Waals surface area contributed by atoms with Crippen LogP contribution in [0.25, 0.3) is 5.13 Å². The molecule has 3 rings (SSSR count). The van der Waals surface area contributed by atoms with Crippen molar-refractivity contribution in [3.05, 3.63) is 16.1 Å². The summed E-state index contributed by atoms with van der Waals surface area (Å²) in [6.07, 6.45) is 4.12. The molecule has 0 aromatic carbocycles. The maximum atomic E-state index is 4.35. The lowest BCUT2D eigenvalue weighted by atomic mass is 10.4. The van der Waals surface area contributed by atoms with Crippen molar-refractivity contribution in [2.75, 3.05) is 0 Å². The standard InChI is InChI=1S/C7H6BrN5S/c8-6-10-11-7(14-6)13-3-9-5(12-13)4-1-2-4/h3-4H,1-2H2. The third-order valence-electron chi connectivity index (χ3n) is 2.04. The van der Waals surface area contributed by atoms with Gasteiger partial charge in [0.1, 0.15) is 6.33 Å². The van der Waals surface area contributed by atoms with Crippen molar-refractivity contribution in [2.24, 2.45) is 0 Å². The molecule has 0 unspecified atom stereocenters. The topological polar surface area (TPSA) is 56.5 Å². The summed E-state index contributed by atoms with van der Waals surface area (Å²) >= 11 is 4.70. The fraction of sp³-hybridized carbons (Fsp3) is 0.429. The van der Waals surface area contributed by atoms with Gasteiger partial charge in [0, 0.05) is 5.92 Å². The van der Waals surface area contributed by atoms with E-state index >= 15 is 0 Å². The molecule has 14 heavy (non-hydrogen) atoms. The summed E-state index contributed by atoms with van der Waals surface area (Å²) in [5.74, 6) is 1.50. The van der Waals surface area contributed by atoms with Gasteiger partial charge < -0.3 is 0 Å². The number of halogens is 1. The molecule has 0 N–H and O–H groups in total. The van der Waals surface area contributed by atoms with Crippen molar-refractivity contribution >= 4 is 27.3 Å². The second-order valence-corrected chi connectivity index (χ2v) is 5.39. The fourth-order valence-electron chi connectivity index (χ4n) is 1.19. The third kappa shape index (κ3) is 1.46. The number of aromatic nitrogens is 5. The number of nitrogens with zero attached hydrogens (tertiary/aromatic N) is 5. The van der Waals surface area contributed by atoms with E-state index in [1.54, 1.807) is 11.0 Å². The van der Waals surface area contributed by atoms with Crippen LogP contribution in [0.15, 0.2) is 10.2 Å². The van der Waals surface area contributed by atoms with Crippen LogP contribution in [0.2, 0.25) is 0 Å². The minimum Gasteiger partial charge on any atom is -0.219 e. The summed E-state index contributed by atoms with van der Waals surface area (Å²) in [7, 11) is 0. The van der Waals surface area contributed by atoms with E-state index in [1.165, 1.54) is 24.2 Å². The highest BCUT2D eigenvalue weighted by Gasteiger charge is 2.27. The summed E-state index contributed by atoms with van der Waals surface area (Å²) in [5, 5.41) is 12.9. The minimum absolute atomic E-state index is 0.576. The first-order chi connectivity index (χ1) is 6.83. The van der Waals surface area contributed by atoms with Crippen LogP contribution in [0.3, 0.4) is 0 Å². The molecule has 0 spiro atoms. The van der Waals surface area contributed by atoms with Gasteiger partial charge in [-0.05, 0) is 28.8 Å². The summed E-state index contributed by atoms with van der Waals surface area (Å²) < 4.78 is 2.44. The van der Waals surface area contributed by atoms with Crippen molar-refractivity contribution in [3.8, 4) is 5.13 Å². The molecule has 1 saturated carbocycles. The Hall–Kier alpha value is -0.820. The first kappa shape index (κ1) is 8.49. The van der Waals surface area contributed by atoms with Crippen LogP contribution in [-0.2, 0) is 0 Å². The van der Waals surface area contributed by atoms with Crippen LogP contribution < -0.4 is 0 Å². The monoisotopic (exact) mass is 271 g/mol. The Labute approximate surface area is 92.3 Å². The van der Waals surface area contributed by atoms with Crippen molar-refractivity contribution < 1.29 is 0 Å². The zero-order valence-electron chi connectivity index (χ0n) is 7.09. The van der Waals surface area contributed by atoms with Crippen molar-refractivity contribution in [1.82, 2.24) is 25.0 Å². The number of hydrogen-bond acceptors (Lipinski definition) is 5. The molecule has 1 aliphatic carbocycles. The average Bonchev–Trinajstić information content (AvgIpc) is 2.76. The molecule has 2 aromatic rings. The van der Waals surface area contributed by atoms with Crippen LogP contribution >= 0.6 is 27.3 Å². The van der Waals surface area contributed by atoms with E-state index in [4.69, 9.17) is 0 Å². The van der Waals surface area contributed by atoms with Gasteiger partial charge in [0.2, 0.25) is 5.13 Å². The minimum atomic E-state index is 0.576. The largest absolute Gasteiger partial charge is 0.235 e. The number of hydrogen-bond donors (Lipinski definition) is 0. The van der Waals surface area contributed by atoms with E-state index < -0.39 is 0 Å². The van der Waals surface area contributed by atoms with E-state index in [-0.39, 0.29) is 0 Å². The molecule has 0 bridgehead atoms. The normalized spacial score (nSPS) is 16.1. The van der Waals surface area contributed by atoms with E-state index in [1.807, 2.05) is 0 Å². The first-order valence-electron chi connectivity index (χ1n) is 4.24. The van der Waals surface area contributed by atoms with Crippen molar-refractivity contribution in [2.45, 2.75) is 18.8 Å². The maximum absolute atomic E-state index is 4.35. The molecule has 0 saturated heterocycles. The van der Waals surface area contributed by atoms with Crippen LogP contribution in [0.4, 0.5) is 0 Å². The average molecular weight is 272 g/mol. The predicted octanol–water partition coefficient (Wildman–Crippen LogP) is 1.76. The van der Waals surface area contributed by atoms with Gasteiger partial charge >= 0.3 is 0 Å². The predicted molar refractivity (Wildman–Crippen MR) is 54.5 cm³/mol. The maximum Gasteiger partial charge on any atom is 0.235 e. The Morgan fingerprint density at radius 3 is 2.93 bits per heavy atom. The molecule has 0 radical (unpaired) electrons. The molecule has 2 aromatic heterocycles. The molecule has 5 nitrogen and oxygen atoms in total. The van der Waals surface area contributed by atoms with Gasteiger partial charge in [0.15, 0.2) is 9.74 Å². The Morgan fingerprint density at radius 1 is 1.43 bits per heavy atom.